The molecule has 1 fully saturated rings. The molecule has 3 amide bonds. The van der Waals surface area contributed by atoms with Crippen LogP contribution in [0.2, 0.25) is 0 Å². The maximum Gasteiger partial charge on any atom is 0.312 e. The van der Waals surface area contributed by atoms with Gasteiger partial charge in [-0.25, -0.2) is 0 Å². The Morgan fingerprint density at radius 1 is 1.10 bits per heavy atom. The number of benzene rings is 1. The van der Waals surface area contributed by atoms with E-state index in [0.29, 0.717) is 39.1 Å². The normalized spacial score (nSPS) is 14.7. The Labute approximate surface area is 123 Å². The van der Waals surface area contributed by atoms with E-state index >= 15 is 0 Å². The van der Waals surface area contributed by atoms with Crippen molar-refractivity contribution in [1.82, 2.24) is 15.1 Å². The average Bonchev–Trinajstić information content (AvgIpc) is 2.55. The van der Waals surface area contributed by atoms with Gasteiger partial charge in [0.1, 0.15) is 0 Å². The second kappa shape index (κ2) is 7.42. The van der Waals surface area contributed by atoms with E-state index in [4.69, 9.17) is 0 Å². The van der Waals surface area contributed by atoms with Crippen molar-refractivity contribution in [1.29, 1.82) is 0 Å². The Balaban J connectivity index is 1.73. The van der Waals surface area contributed by atoms with E-state index in [1.54, 1.807) is 4.90 Å². The zero-order valence-electron chi connectivity index (χ0n) is 11.8. The summed E-state index contributed by atoms with van der Waals surface area (Å²) >= 11 is 0. The molecule has 0 saturated carbocycles. The van der Waals surface area contributed by atoms with Crippen molar-refractivity contribution in [3.8, 4) is 0 Å². The monoisotopic (exact) mass is 289 g/mol. The molecule has 1 aliphatic rings. The number of rotatable bonds is 4. The molecule has 0 radical (unpaired) electrons. The molecule has 0 aliphatic carbocycles. The number of piperazine rings is 1. The van der Waals surface area contributed by atoms with Crippen LogP contribution in [0.15, 0.2) is 30.3 Å². The number of carbonyl (C=O) groups is 3. The summed E-state index contributed by atoms with van der Waals surface area (Å²) < 4.78 is 0. The zero-order valence-corrected chi connectivity index (χ0v) is 11.8. The van der Waals surface area contributed by atoms with Crippen LogP contribution in [-0.4, -0.2) is 60.7 Å². The molecule has 2 rings (SSSR count). The summed E-state index contributed by atoms with van der Waals surface area (Å²) in [5.41, 5.74) is 1.12. The highest BCUT2D eigenvalue weighted by Gasteiger charge is 2.24. The lowest BCUT2D eigenvalue weighted by Crippen LogP contribution is -2.52. The fourth-order valence-corrected chi connectivity index (χ4v) is 2.21. The summed E-state index contributed by atoms with van der Waals surface area (Å²) in [4.78, 5) is 37.4. The SMILES string of the molecule is O=CN1CCN(C(=O)C(=O)NCCc2ccccc2)CC1. The van der Waals surface area contributed by atoms with Crippen molar-refractivity contribution in [2.24, 2.45) is 0 Å². The van der Waals surface area contributed by atoms with Crippen LogP contribution in [0.3, 0.4) is 0 Å². The first-order valence-electron chi connectivity index (χ1n) is 7.01. The number of nitrogens with one attached hydrogen (secondary N) is 1. The van der Waals surface area contributed by atoms with E-state index in [2.05, 4.69) is 5.32 Å². The largest absolute Gasteiger partial charge is 0.347 e. The van der Waals surface area contributed by atoms with Gasteiger partial charge in [0.25, 0.3) is 0 Å². The average molecular weight is 289 g/mol. The van der Waals surface area contributed by atoms with Crippen molar-refractivity contribution in [2.45, 2.75) is 6.42 Å². The molecular formula is C15H19N3O3. The van der Waals surface area contributed by atoms with Gasteiger partial charge >= 0.3 is 11.8 Å². The van der Waals surface area contributed by atoms with Gasteiger partial charge < -0.3 is 15.1 Å². The second-order valence-corrected chi connectivity index (χ2v) is 4.93. The van der Waals surface area contributed by atoms with Crippen LogP contribution in [0.5, 0.6) is 0 Å². The molecule has 1 aliphatic heterocycles. The predicted molar refractivity (Wildman–Crippen MR) is 77.4 cm³/mol. The van der Waals surface area contributed by atoms with Crippen LogP contribution in [0, 0.1) is 0 Å². The van der Waals surface area contributed by atoms with E-state index in [1.807, 2.05) is 30.3 Å². The summed E-state index contributed by atoms with van der Waals surface area (Å²) in [6, 6.07) is 9.77. The summed E-state index contributed by atoms with van der Waals surface area (Å²) in [6.07, 6.45) is 1.46. The molecule has 1 aromatic carbocycles. The Hall–Kier alpha value is -2.37. The minimum atomic E-state index is -0.578. The highest BCUT2D eigenvalue weighted by molar-refractivity contribution is 6.35. The fourth-order valence-electron chi connectivity index (χ4n) is 2.21. The number of carbonyl (C=O) groups excluding carboxylic acids is 3. The third-order valence-electron chi connectivity index (χ3n) is 3.49. The maximum absolute atomic E-state index is 11.9. The van der Waals surface area contributed by atoms with Gasteiger partial charge in [-0.2, -0.15) is 0 Å². The van der Waals surface area contributed by atoms with Crippen molar-refractivity contribution in [3.63, 3.8) is 0 Å². The molecule has 112 valence electrons. The Morgan fingerprint density at radius 3 is 2.38 bits per heavy atom. The molecule has 0 bridgehead atoms. The van der Waals surface area contributed by atoms with Crippen LogP contribution >= 0.6 is 0 Å². The Bertz CT molecular complexity index is 496. The van der Waals surface area contributed by atoms with Gasteiger partial charge in [0.05, 0.1) is 0 Å². The third-order valence-corrected chi connectivity index (χ3v) is 3.49. The lowest BCUT2D eigenvalue weighted by Gasteiger charge is -2.31. The minimum absolute atomic E-state index is 0.406. The summed E-state index contributed by atoms with van der Waals surface area (Å²) in [5, 5.41) is 2.64. The molecular weight excluding hydrogens is 270 g/mol. The highest BCUT2D eigenvalue weighted by atomic mass is 16.2. The number of hydrogen-bond acceptors (Lipinski definition) is 3. The van der Waals surface area contributed by atoms with Gasteiger partial charge in [0, 0.05) is 32.7 Å². The molecule has 1 heterocycles. The molecule has 6 heteroatoms. The van der Waals surface area contributed by atoms with Crippen molar-refractivity contribution < 1.29 is 14.4 Å². The van der Waals surface area contributed by atoms with Gasteiger partial charge in [0.2, 0.25) is 6.41 Å². The summed E-state index contributed by atoms with van der Waals surface area (Å²) in [7, 11) is 0. The smallest absolute Gasteiger partial charge is 0.312 e. The molecule has 21 heavy (non-hydrogen) atoms. The van der Waals surface area contributed by atoms with Gasteiger partial charge in [-0.3, -0.25) is 14.4 Å². The van der Waals surface area contributed by atoms with Gasteiger partial charge in [-0.1, -0.05) is 30.3 Å². The number of nitrogens with zero attached hydrogens (tertiary/aromatic N) is 2. The van der Waals surface area contributed by atoms with E-state index in [0.717, 1.165) is 12.0 Å². The van der Waals surface area contributed by atoms with E-state index in [9.17, 15) is 14.4 Å². The molecule has 6 nitrogen and oxygen atoms in total. The lowest BCUT2D eigenvalue weighted by atomic mass is 10.1. The number of hydrogen-bond donors (Lipinski definition) is 1. The van der Waals surface area contributed by atoms with Crippen molar-refractivity contribution >= 4 is 18.2 Å². The van der Waals surface area contributed by atoms with Crippen LogP contribution < -0.4 is 5.32 Å². The van der Waals surface area contributed by atoms with Crippen molar-refractivity contribution in [2.75, 3.05) is 32.7 Å². The first-order chi connectivity index (χ1) is 10.2. The van der Waals surface area contributed by atoms with Crippen LogP contribution in [-0.2, 0) is 20.8 Å². The second-order valence-electron chi connectivity index (χ2n) is 4.93. The first-order valence-corrected chi connectivity index (χ1v) is 7.01. The Morgan fingerprint density at radius 2 is 1.76 bits per heavy atom. The molecule has 1 saturated heterocycles. The quantitative estimate of drug-likeness (QED) is 0.608. The highest BCUT2D eigenvalue weighted by Crippen LogP contribution is 2.01. The van der Waals surface area contributed by atoms with Crippen LogP contribution in [0.4, 0.5) is 0 Å². The molecule has 1 N–H and O–H groups in total. The molecule has 0 spiro atoms. The summed E-state index contributed by atoms with van der Waals surface area (Å²) in [5.74, 6) is -1.10. The predicted octanol–water partition coefficient (Wildman–Crippen LogP) is -0.354. The third kappa shape index (κ3) is 4.30. The molecule has 1 aromatic rings. The fraction of sp³-hybridized carbons (Fsp3) is 0.400. The lowest BCUT2D eigenvalue weighted by molar-refractivity contribution is -0.147. The Kier molecular flexibility index (Phi) is 5.31. The summed E-state index contributed by atoms with van der Waals surface area (Å²) in [6.45, 7) is 2.20. The first kappa shape index (κ1) is 15.0. The topological polar surface area (TPSA) is 69.7 Å². The van der Waals surface area contributed by atoms with E-state index in [-0.39, 0.29) is 0 Å². The molecule has 0 aromatic heterocycles. The van der Waals surface area contributed by atoms with Gasteiger partial charge in [0.15, 0.2) is 0 Å². The van der Waals surface area contributed by atoms with E-state index < -0.39 is 11.8 Å². The van der Waals surface area contributed by atoms with Crippen molar-refractivity contribution in [3.05, 3.63) is 35.9 Å². The van der Waals surface area contributed by atoms with Gasteiger partial charge in [-0.05, 0) is 12.0 Å². The number of amides is 3. The van der Waals surface area contributed by atoms with Crippen LogP contribution in [0.1, 0.15) is 5.56 Å². The standard InChI is InChI=1S/C15H19N3O3/c19-12-17-8-10-18(11-9-17)15(21)14(20)16-7-6-13-4-2-1-3-5-13/h1-5,12H,6-11H2,(H,16,20). The minimum Gasteiger partial charge on any atom is -0.347 e. The maximum atomic E-state index is 11.9. The van der Waals surface area contributed by atoms with E-state index in [1.165, 1.54) is 4.90 Å². The molecule has 0 atom stereocenters. The van der Waals surface area contributed by atoms with Gasteiger partial charge in [-0.15, -0.1) is 0 Å². The zero-order chi connectivity index (χ0) is 15.1. The van der Waals surface area contributed by atoms with Crippen LogP contribution in [0.25, 0.3) is 0 Å². The molecule has 0 unspecified atom stereocenters.